The molecule has 34 heavy (non-hydrogen) atoms. The molecule has 3 heterocycles. The topological polar surface area (TPSA) is 36.4 Å². The quantitative estimate of drug-likeness (QED) is 0.449. The number of halogens is 3. The first-order chi connectivity index (χ1) is 16.4. The van der Waals surface area contributed by atoms with Crippen LogP contribution in [0.1, 0.15) is 34.3 Å². The van der Waals surface area contributed by atoms with Crippen molar-refractivity contribution in [3.63, 3.8) is 0 Å². The second-order valence-electron chi connectivity index (χ2n) is 8.96. The van der Waals surface area contributed by atoms with E-state index in [-0.39, 0.29) is 28.1 Å². The van der Waals surface area contributed by atoms with Crippen LogP contribution in [0.5, 0.6) is 0 Å². The molecule has 174 valence electrons. The minimum absolute atomic E-state index is 0.158. The van der Waals surface area contributed by atoms with Gasteiger partial charge in [-0.1, -0.05) is 35.9 Å². The molecule has 2 aliphatic heterocycles. The first-order valence-electron chi connectivity index (χ1n) is 11.3. The van der Waals surface area contributed by atoms with Crippen LogP contribution in [0.4, 0.5) is 14.5 Å². The predicted molar refractivity (Wildman–Crippen MR) is 130 cm³/mol. The number of hydrogen-bond acceptors (Lipinski definition) is 3. The molecule has 0 aliphatic carbocycles. The first-order valence-corrected chi connectivity index (χ1v) is 11.7. The highest BCUT2D eigenvalue weighted by molar-refractivity contribution is 6.29. The molecular weight excluding hydrogens is 456 g/mol. The summed E-state index contributed by atoms with van der Waals surface area (Å²) in [5.74, 6) is -0.698. The van der Waals surface area contributed by atoms with E-state index in [9.17, 15) is 13.6 Å². The van der Waals surface area contributed by atoms with Crippen molar-refractivity contribution in [1.82, 2.24) is 9.88 Å². The van der Waals surface area contributed by atoms with Crippen LogP contribution in [-0.2, 0) is 5.41 Å². The van der Waals surface area contributed by atoms with Crippen molar-refractivity contribution in [2.24, 2.45) is 0 Å². The molecule has 5 rings (SSSR count). The van der Waals surface area contributed by atoms with Gasteiger partial charge in [-0.05, 0) is 79.5 Å². The van der Waals surface area contributed by atoms with E-state index in [1.807, 2.05) is 18.2 Å². The van der Waals surface area contributed by atoms with E-state index in [0.29, 0.717) is 12.1 Å². The normalized spacial score (nSPS) is 17.4. The Morgan fingerprint density at radius 3 is 2.62 bits per heavy atom. The molecule has 2 aromatic carbocycles. The second kappa shape index (κ2) is 9.28. The molecule has 3 aromatic rings. The fourth-order valence-electron chi connectivity index (χ4n) is 5.05. The highest BCUT2D eigenvalue weighted by Gasteiger charge is 2.46. The van der Waals surface area contributed by atoms with Gasteiger partial charge in [0.25, 0.3) is 5.91 Å². The molecule has 2 aliphatic rings. The fraction of sp³-hybridized carbons (Fsp3) is 0.259. The van der Waals surface area contributed by atoms with Crippen LogP contribution in [0.15, 0.2) is 66.9 Å². The molecule has 0 N–H and O–H groups in total. The van der Waals surface area contributed by atoms with E-state index in [1.165, 1.54) is 24.4 Å². The Kier molecular flexibility index (Phi) is 6.19. The largest absolute Gasteiger partial charge is 0.307 e. The molecule has 1 amide bonds. The van der Waals surface area contributed by atoms with E-state index >= 15 is 0 Å². The molecular formula is C27H24ClF2N3O. The monoisotopic (exact) mass is 479 g/mol. The number of amides is 1. The lowest BCUT2D eigenvalue weighted by atomic mass is 9.74. The summed E-state index contributed by atoms with van der Waals surface area (Å²) in [5.41, 5.74) is 2.67. The number of piperidine rings is 1. The molecule has 0 bridgehead atoms. The summed E-state index contributed by atoms with van der Waals surface area (Å²) in [6, 6.07) is 14.4. The van der Waals surface area contributed by atoms with Crippen LogP contribution < -0.4 is 4.90 Å². The van der Waals surface area contributed by atoms with Crippen LogP contribution >= 0.6 is 11.6 Å². The van der Waals surface area contributed by atoms with Crippen LogP contribution in [-0.4, -0.2) is 42.0 Å². The number of likely N-dealkylation sites (tertiary alicyclic amines) is 1. The van der Waals surface area contributed by atoms with Crippen molar-refractivity contribution >= 4 is 29.3 Å². The zero-order valence-corrected chi connectivity index (χ0v) is 19.3. The lowest BCUT2D eigenvalue weighted by Crippen LogP contribution is -2.46. The van der Waals surface area contributed by atoms with Gasteiger partial charge in [0, 0.05) is 36.0 Å². The van der Waals surface area contributed by atoms with Crippen LogP contribution in [0.25, 0.3) is 6.08 Å². The summed E-state index contributed by atoms with van der Waals surface area (Å²) >= 11 is 6.00. The minimum Gasteiger partial charge on any atom is -0.307 e. The summed E-state index contributed by atoms with van der Waals surface area (Å²) in [6.07, 6.45) is 7.12. The van der Waals surface area contributed by atoms with Gasteiger partial charge in [-0.25, -0.2) is 13.8 Å². The van der Waals surface area contributed by atoms with Gasteiger partial charge in [0.05, 0.1) is 0 Å². The zero-order valence-electron chi connectivity index (χ0n) is 18.6. The van der Waals surface area contributed by atoms with Gasteiger partial charge in [-0.2, -0.15) is 0 Å². The minimum atomic E-state index is -0.292. The smallest absolute Gasteiger partial charge is 0.258 e. The van der Waals surface area contributed by atoms with E-state index < -0.39 is 0 Å². The molecule has 0 saturated carbocycles. The summed E-state index contributed by atoms with van der Waals surface area (Å²) < 4.78 is 27.6. The molecule has 0 unspecified atom stereocenters. The van der Waals surface area contributed by atoms with Crippen molar-refractivity contribution in [2.75, 3.05) is 31.1 Å². The van der Waals surface area contributed by atoms with Crippen molar-refractivity contribution < 1.29 is 13.6 Å². The van der Waals surface area contributed by atoms with E-state index in [2.05, 4.69) is 9.88 Å². The molecule has 0 atom stereocenters. The lowest BCUT2D eigenvalue weighted by Gasteiger charge is -2.39. The molecule has 4 nitrogen and oxygen atoms in total. The molecule has 1 aromatic heterocycles. The third kappa shape index (κ3) is 4.48. The SMILES string of the molecule is O=C(c1ccnc(Cl)c1)N1CC2(CCN(CC=Cc3cccc(F)c3)CC2)c2cc(F)ccc21. The summed E-state index contributed by atoms with van der Waals surface area (Å²) in [7, 11) is 0. The summed E-state index contributed by atoms with van der Waals surface area (Å²) in [5, 5.41) is 0.263. The van der Waals surface area contributed by atoms with Crippen molar-refractivity contribution in [2.45, 2.75) is 18.3 Å². The fourth-order valence-corrected chi connectivity index (χ4v) is 5.23. The summed E-state index contributed by atoms with van der Waals surface area (Å²) in [4.78, 5) is 21.4. The third-order valence-electron chi connectivity index (χ3n) is 6.84. The maximum Gasteiger partial charge on any atom is 0.258 e. The van der Waals surface area contributed by atoms with Gasteiger partial charge in [0.1, 0.15) is 16.8 Å². The number of carbonyl (C=O) groups is 1. The number of anilines is 1. The Labute approximate surface area is 202 Å². The summed E-state index contributed by atoms with van der Waals surface area (Å²) in [6.45, 7) is 2.91. The molecule has 7 heteroatoms. The Morgan fingerprint density at radius 2 is 1.85 bits per heavy atom. The number of aromatic nitrogens is 1. The molecule has 0 radical (unpaired) electrons. The van der Waals surface area contributed by atoms with E-state index in [1.54, 1.807) is 35.2 Å². The Hall–Kier alpha value is -3.09. The molecule has 1 saturated heterocycles. The van der Waals surface area contributed by atoms with Gasteiger partial charge in [-0.3, -0.25) is 9.69 Å². The lowest BCUT2D eigenvalue weighted by molar-refractivity contribution is 0.0977. The number of rotatable bonds is 4. The maximum absolute atomic E-state index is 14.3. The van der Waals surface area contributed by atoms with Crippen LogP contribution in [0.3, 0.4) is 0 Å². The van der Waals surface area contributed by atoms with Crippen molar-refractivity contribution in [3.05, 3.63) is 100 Å². The van der Waals surface area contributed by atoms with Gasteiger partial charge in [0.15, 0.2) is 0 Å². The standard InChI is InChI=1S/C27H24ClF2N3O/c28-25-16-20(8-11-31-25)26(34)33-18-27(23-17-22(30)6-7-24(23)33)9-13-32(14-10-27)12-2-4-19-3-1-5-21(29)15-19/h1-8,11,15-17H,9-10,12-14,18H2. The second-order valence-corrected chi connectivity index (χ2v) is 9.35. The number of hydrogen-bond donors (Lipinski definition) is 0. The number of carbonyl (C=O) groups excluding carboxylic acids is 1. The Balaban J connectivity index is 1.32. The van der Waals surface area contributed by atoms with Gasteiger partial charge in [-0.15, -0.1) is 0 Å². The molecule has 1 fully saturated rings. The predicted octanol–water partition coefficient (Wildman–Crippen LogP) is 5.72. The average Bonchev–Trinajstić information content (AvgIpc) is 3.13. The average molecular weight is 480 g/mol. The van der Waals surface area contributed by atoms with Crippen LogP contribution in [0.2, 0.25) is 5.15 Å². The number of benzene rings is 2. The number of pyridine rings is 1. The Morgan fingerprint density at radius 1 is 1.06 bits per heavy atom. The van der Waals surface area contributed by atoms with Gasteiger partial charge < -0.3 is 4.90 Å². The van der Waals surface area contributed by atoms with Crippen molar-refractivity contribution in [1.29, 1.82) is 0 Å². The zero-order chi connectivity index (χ0) is 23.7. The van der Waals surface area contributed by atoms with E-state index in [0.717, 1.165) is 49.3 Å². The van der Waals surface area contributed by atoms with E-state index in [4.69, 9.17) is 11.6 Å². The van der Waals surface area contributed by atoms with Gasteiger partial charge >= 0.3 is 0 Å². The number of nitrogens with zero attached hydrogens (tertiary/aromatic N) is 3. The first kappa shape index (κ1) is 22.7. The number of fused-ring (bicyclic) bond motifs is 2. The van der Waals surface area contributed by atoms with Gasteiger partial charge in [0.2, 0.25) is 0 Å². The maximum atomic E-state index is 14.3. The molecule has 1 spiro atoms. The highest BCUT2D eigenvalue weighted by Crippen LogP contribution is 2.47. The Bertz CT molecular complexity index is 1250. The van der Waals surface area contributed by atoms with Crippen LogP contribution in [0, 0.1) is 11.6 Å². The third-order valence-corrected chi connectivity index (χ3v) is 7.04. The van der Waals surface area contributed by atoms with Crippen molar-refractivity contribution in [3.8, 4) is 0 Å². The highest BCUT2D eigenvalue weighted by atomic mass is 35.5.